The molecule has 3 amide bonds. The number of likely N-dealkylation sites (N-methyl/N-ethyl adjacent to an activating group) is 1. The summed E-state index contributed by atoms with van der Waals surface area (Å²) < 4.78 is 0. The Morgan fingerprint density at radius 3 is 2.77 bits per heavy atom. The highest BCUT2D eigenvalue weighted by molar-refractivity contribution is 6.05. The smallest absolute Gasteiger partial charge is 0.255 e. The topological polar surface area (TPSA) is 95.7 Å². The van der Waals surface area contributed by atoms with Crippen LogP contribution in [0, 0.1) is 0 Å². The molecule has 0 bridgehead atoms. The van der Waals surface area contributed by atoms with Crippen LogP contribution in [0.4, 0.5) is 0 Å². The van der Waals surface area contributed by atoms with Gasteiger partial charge in [-0.2, -0.15) is 0 Å². The van der Waals surface area contributed by atoms with Crippen molar-refractivity contribution in [2.24, 2.45) is 5.73 Å². The SMILES string of the molecule is CCN(Cc1cccc2c1CN(C1CCC(=O)NC1=O)C2=O)CC(C)N. The van der Waals surface area contributed by atoms with Crippen LogP contribution in [0.5, 0.6) is 0 Å². The number of imide groups is 1. The van der Waals surface area contributed by atoms with Crippen LogP contribution in [-0.2, 0) is 22.7 Å². The molecule has 7 heteroatoms. The molecule has 0 aliphatic carbocycles. The van der Waals surface area contributed by atoms with E-state index in [0.717, 1.165) is 30.8 Å². The maximum atomic E-state index is 12.8. The first-order chi connectivity index (χ1) is 12.4. The van der Waals surface area contributed by atoms with Gasteiger partial charge in [0.15, 0.2) is 0 Å². The van der Waals surface area contributed by atoms with Gasteiger partial charge in [-0.25, -0.2) is 0 Å². The Labute approximate surface area is 153 Å². The Balaban J connectivity index is 1.81. The van der Waals surface area contributed by atoms with Gasteiger partial charge in [0.25, 0.3) is 5.91 Å². The van der Waals surface area contributed by atoms with E-state index in [0.29, 0.717) is 18.5 Å². The minimum Gasteiger partial charge on any atom is -0.327 e. The average Bonchev–Trinajstić information content (AvgIpc) is 2.92. The van der Waals surface area contributed by atoms with E-state index in [4.69, 9.17) is 5.73 Å². The summed E-state index contributed by atoms with van der Waals surface area (Å²) in [7, 11) is 0. The maximum absolute atomic E-state index is 12.8. The lowest BCUT2D eigenvalue weighted by Crippen LogP contribution is -2.52. The highest BCUT2D eigenvalue weighted by Crippen LogP contribution is 2.30. The molecule has 2 aliphatic rings. The normalized spacial score (nSPS) is 21.2. The molecule has 2 atom stereocenters. The zero-order valence-corrected chi connectivity index (χ0v) is 15.3. The molecule has 2 unspecified atom stereocenters. The fourth-order valence-corrected chi connectivity index (χ4v) is 3.75. The molecule has 0 aromatic heterocycles. The Bertz CT molecular complexity index is 731. The molecule has 2 aliphatic heterocycles. The number of nitrogens with two attached hydrogens (primary N) is 1. The van der Waals surface area contributed by atoms with Crippen molar-refractivity contribution in [2.75, 3.05) is 13.1 Å². The second-order valence-electron chi connectivity index (χ2n) is 7.15. The molecule has 26 heavy (non-hydrogen) atoms. The number of nitrogens with one attached hydrogen (secondary N) is 1. The van der Waals surface area contributed by atoms with Gasteiger partial charge in [-0.3, -0.25) is 24.6 Å². The number of hydrogen-bond acceptors (Lipinski definition) is 5. The minimum atomic E-state index is -0.577. The van der Waals surface area contributed by atoms with E-state index in [2.05, 4.69) is 17.1 Å². The van der Waals surface area contributed by atoms with Crippen LogP contribution < -0.4 is 11.1 Å². The van der Waals surface area contributed by atoms with Gasteiger partial charge in [-0.1, -0.05) is 19.1 Å². The van der Waals surface area contributed by atoms with Crippen LogP contribution in [0.3, 0.4) is 0 Å². The summed E-state index contributed by atoms with van der Waals surface area (Å²) >= 11 is 0. The van der Waals surface area contributed by atoms with Gasteiger partial charge < -0.3 is 10.6 Å². The molecule has 7 nitrogen and oxygen atoms in total. The van der Waals surface area contributed by atoms with E-state index in [1.54, 1.807) is 4.90 Å². The minimum absolute atomic E-state index is 0.0771. The van der Waals surface area contributed by atoms with Gasteiger partial charge in [-0.05, 0) is 37.1 Å². The third kappa shape index (κ3) is 3.64. The summed E-state index contributed by atoms with van der Waals surface area (Å²) in [6, 6.07) is 5.23. The van der Waals surface area contributed by atoms with Crippen LogP contribution in [0.15, 0.2) is 18.2 Å². The van der Waals surface area contributed by atoms with Crippen molar-refractivity contribution in [3.63, 3.8) is 0 Å². The summed E-state index contributed by atoms with van der Waals surface area (Å²) in [6.45, 7) is 6.85. The van der Waals surface area contributed by atoms with Crippen LogP contribution >= 0.6 is 0 Å². The number of fused-ring (bicyclic) bond motifs is 1. The van der Waals surface area contributed by atoms with E-state index in [1.807, 2.05) is 25.1 Å². The predicted molar refractivity (Wildman–Crippen MR) is 97.1 cm³/mol. The summed E-state index contributed by atoms with van der Waals surface area (Å²) in [4.78, 5) is 40.2. The fraction of sp³-hybridized carbons (Fsp3) is 0.526. The van der Waals surface area contributed by atoms with Crippen molar-refractivity contribution < 1.29 is 14.4 Å². The van der Waals surface area contributed by atoms with Crippen molar-refractivity contribution in [3.05, 3.63) is 34.9 Å². The molecular weight excluding hydrogens is 332 g/mol. The number of piperidine rings is 1. The number of carbonyl (C=O) groups excluding carboxylic acids is 3. The standard InChI is InChI=1S/C19H26N4O3/c1-3-22(9-12(2)20)10-13-5-4-6-14-15(13)11-23(19(14)26)16-7-8-17(24)21-18(16)25/h4-6,12,16H,3,7-11,20H2,1-2H3,(H,21,24,25). The number of benzene rings is 1. The number of carbonyl (C=O) groups is 3. The lowest BCUT2D eigenvalue weighted by molar-refractivity contribution is -0.136. The first-order valence-corrected chi connectivity index (χ1v) is 9.14. The molecule has 1 aromatic rings. The molecule has 3 N–H and O–H groups in total. The van der Waals surface area contributed by atoms with Crippen molar-refractivity contribution in [3.8, 4) is 0 Å². The third-order valence-electron chi connectivity index (χ3n) is 5.07. The van der Waals surface area contributed by atoms with Crippen LogP contribution in [0.1, 0.15) is 48.2 Å². The molecule has 0 saturated carbocycles. The van der Waals surface area contributed by atoms with E-state index in [9.17, 15) is 14.4 Å². The molecule has 1 aromatic carbocycles. The second-order valence-corrected chi connectivity index (χ2v) is 7.15. The van der Waals surface area contributed by atoms with E-state index in [-0.39, 0.29) is 30.2 Å². The van der Waals surface area contributed by atoms with Gasteiger partial charge in [0.2, 0.25) is 11.8 Å². The summed E-state index contributed by atoms with van der Waals surface area (Å²) in [6.07, 6.45) is 0.646. The van der Waals surface area contributed by atoms with Crippen molar-refractivity contribution >= 4 is 17.7 Å². The van der Waals surface area contributed by atoms with Gasteiger partial charge in [0.05, 0.1) is 0 Å². The Kier molecular flexibility index (Phi) is 5.38. The molecule has 3 rings (SSSR count). The van der Waals surface area contributed by atoms with Gasteiger partial charge in [0, 0.05) is 37.7 Å². The molecule has 2 heterocycles. The van der Waals surface area contributed by atoms with Crippen LogP contribution in [-0.4, -0.2) is 52.7 Å². The summed E-state index contributed by atoms with van der Waals surface area (Å²) in [5, 5.41) is 2.34. The largest absolute Gasteiger partial charge is 0.327 e. The van der Waals surface area contributed by atoms with Crippen molar-refractivity contribution in [1.82, 2.24) is 15.1 Å². The Morgan fingerprint density at radius 2 is 2.12 bits per heavy atom. The number of nitrogens with zero attached hydrogens (tertiary/aromatic N) is 2. The van der Waals surface area contributed by atoms with Gasteiger partial charge >= 0.3 is 0 Å². The van der Waals surface area contributed by atoms with E-state index >= 15 is 0 Å². The van der Waals surface area contributed by atoms with Crippen molar-refractivity contribution in [1.29, 1.82) is 0 Å². The maximum Gasteiger partial charge on any atom is 0.255 e. The molecule has 1 saturated heterocycles. The average molecular weight is 358 g/mol. The summed E-state index contributed by atoms with van der Waals surface area (Å²) in [5.41, 5.74) is 8.65. The third-order valence-corrected chi connectivity index (χ3v) is 5.07. The highest BCUT2D eigenvalue weighted by atomic mass is 16.2. The fourth-order valence-electron chi connectivity index (χ4n) is 3.75. The van der Waals surface area contributed by atoms with Crippen LogP contribution in [0.2, 0.25) is 0 Å². The monoisotopic (exact) mass is 358 g/mol. The number of amides is 3. The second kappa shape index (κ2) is 7.55. The number of hydrogen-bond donors (Lipinski definition) is 2. The van der Waals surface area contributed by atoms with Gasteiger partial charge in [0.1, 0.15) is 6.04 Å². The molecule has 0 radical (unpaired) electrons. The summed E-state index contributed by atoms with van der Waals surface area (Å²) in [5.74, 6) is -0.784. The lowest BCUT2D eigenvalue weighted by atomic mass is 10.0. The molecule has 1 fully saturated rings. The molecular formula is C19H26N4O3. The molecule has 140 valence electrons. The van der Waals surface area contributed by atoms with Crippen LogP contribution in [0.25, 0.3) is 0 Å². The Hall–Kier alpha value is -2.25. The first kappa shape index (κ1) is 18.5. The van der Waals surface area contributed by atoms with E-state index < -0.39 is 6.04 Å². The van der Waals surface area contributed by atoms with Gasteiger partial charge in [-0.15, -0.1) is 0 Å². The number of rotatable bonds is 6. The Morgan fingerprint density at radius 1 is 1.35 bits per heavy atom. The lowest BCUT2D eigenvalue weighted by Gasteiger charge is -2.29. The zero-order valence-electron chi connectivity index (χ0n) is 15.3. The first-order valence-electron chi connectivity index (χ1n) is 9.14. The molecule has 0 spiro atoms. The van der Waals surface area contributed by atoms with E-state index in [1.165, 1.54) is 0 Å². The zero-order chi connectivity index (χ0) is 18.8. The predicted octanol–water partition coefficient (Wildman–Crippen LogP) is 0.617. The van der Waals surface area contributed by atoms with Crippen molar-refractivity contribution in [2.45, 2.75) is 51.9 Å². The highest BCUT2D eigenvalue weighted by Gasteiger charge is 2.39. The quantitative estimate of drug-likeness (QED) is 0.727.